The van der Waals surface area contributed by atoms with Gasteiger partial charge in [-0.2, -0.15) is 0 Å². The Hall–Kier alpha value is -1.81. The molecule has 0 atom stereocenters. The first-order valence-corrected chi connectivity index (χ1v) is 6.39. The molecule has 2 aromatic rings. The summed E-state index contributed by atoms with van der Waals surface area (Å²) in [6.07, 6.45) is 2.05. The highest BCUT2D eigenvalue weighted by Crippen LogP contribution is 2.29. The number of esters is 1. The fourth-order valence-electron chi connectivity index (χ4n) is 2.28. The molecule has 0 radical (unpaired) electrons. The lowest BCUT2D eigenvalue weighted by molar-refractivity contribution is -0.139. The Labute approximate surface area is 113 Å². The summed E-state index contributed by atoms with van der Waals surface area (Å²) in [4.78, 5) is 14.4. The van der Waals surface area contributed by atoms with Crippen LogP contribution in [0.1, 0.15) is 19.4 Å². The van der Waals surface area contributed by atoms with Crippen molar-refractivity contribution >= 4 is 16.9 Å². The van der Waals surface area contributed by atoms with E-state index in [-0.39, 0.29) is 17.9 Å². The normalized spacial score (nSPS) is 11.7. The van der Waals surface area contributed by atoms with Gasteiger partial charge < -0.3 is 15.0 Å². The number of ether oxygens (including phenoxy) is 1. The van der Waals surface area contributed by atoms with Crippen molar-refractivity contribution in [1.29, 1.82) is 0 Å². The highest BCUT2D eigenvalue weighted by atomic mass is 16.5. The molecule has 0 amide bonds. The van der Waals surface area contributed by atoms with Gasteiger partial charge in [-0.3, -0.25) is 4.79 Å². The van der Waals surface area contributed by atoms with Crippen LogP contribution in [-0.4, -0.2) is 31.2 Å². The van der Waals surface area contributed by atoms with Gasteiger partial charge in [-0.1, -0.05) is 32.0 Å². The van der Waals surface area contributed by atoms with Crippen molar-refractivity contribution in [1.82, 2.24) is 10.3 Å². The lowest BCUT2D eigenvalue weighted by Gasteiger charge is -2.24. The molecule has 1 aromatic heterocycles. The van der Waals surface area contributed by atoms with Gasteiger partial charge in [0.1, 0.15) is 0 Å². The average Bonchev–Trinajstić information content (AvgIpc) is 2.82. The lowest BCUT2D eigenvalue weighted by atomic mass is 9.84. The highest BCUT2D eigenvalue weighted by Gasteiger charge is 2.23. The van der Waals surface area contributed by atoms with E-state index in [9.17, 15) is 4.79 Å². The van der Waals surface area contributed by atoms with Crippen LogP contribution in [0.5, 0.6) is 0 Å². The maximum absolute atomic E-state index is 11.1. The van der Waals surface area contributed by atoms with Gasteiger partial charge in [0.05, 0.1) is 13.7 Å². The zero-order valence-corrected chi connectivity index (χ0v) is 11.6. The van der Waals surface area contributed by atoms with Crippen LogP contribution in [-0.2, 0) is 14.9 Å². The minimum atomic E-state index is -0.241. The number of fused-ring (bicyclic) bond motifs is 1. The molecule has 0 fully saturated rings. The second-order valence-corrected chi connectivity index (χ2v) is 5.31. The Morgan fingerprint density at radius 1 is 1.37 bits per heavy atom. The molecule has 4 nitrogen and oxygen atoms in total. The summed E-state index contributed by atoms with van der Waals surface area (Å²) in [5.41, 5.74) is 2.33. The van der Waals surface area contributed by atoms with Crippen molar-refractivity contribution < 1.29 is 9.53 Å². The predicted octanol–water partition coefficient (Wildman–Crippen LogP) is 2.21. The molecule has 0 saturated heterocycles. The highest BCUT2D eigenvalue weighted by molar-refractivity contribution is 5.84. The van der Waals surface area contributed by atoms with Gasteiger partial charge in [0.25, 0.3) is 0 Å². The van der Waals surface area contributed by atoms with E-state index in [0.717, 1.165) is 5.52 Å². The van der Waals surface area contributed by atoms with Crippen molar-refractivity contribution in [2.24, 2.45) is 0 Å². The summed E-state index contributed by atoms with van der Waals surface area (Å²) in [6.45, 7) is 5.27. The summed E-state index contributed by atoms with van der Waals surface area (Å²) in [6, 6.07) is 8.24. The second-order valence-electron chi connectivity index (χ2n) is 5.31. The summed E-state index contributed by atoms with van der Waals surface area (Å²) in [5, 5.41) is 4.37. The number of nitrogens with one attached hydrogen (secondary N) is 2. The van der Waals surface area contributed by atoms with Crippen molar-refractivity contribution in [2.45, 2.75) is 19.3 Å². The van der Waals surface area contributed by atoms with Gasteiger partial charge in [-0.15, -0.1) is 0 Å². The first-order chi connectivity index (χ1) is 9.04. The zero-order chi connectivity index (χ0) is 13.9. The van der Waals surface area contributed by atoms with Crippen molar-refractivity contribution in [3.05, 3.63) is 36.0 Å². The number of aromatic nitrogens is 1. The first-order valence-electron chi connectivity index (χ1n) is 6.39. The van der Waals surface area contributed by atoms with Crippen LogP contribution in [0.15, 0.2) is 30.5 Å². The minimum Gasteiger partial charge on any atom is -0.468 e. The van der Waals surface area contributed by atoms with E-state index in [4.69, 9.17) is 0 Å². The molecule has 1 heterocycles. The van der Waals surface area contributed by atoms with E-state index in [1.165, 1.54) is 18.1 Å². The third kappa shape index (κ3) is 2.96. The van der Waals surface area contributed by atoms with E-state index >= 15 is 0 Å². The number of aromatic amines is 1. The van der Waals surface area contributed by atoms with Crippen molar-refractivity contribution in [2.75, 3.05) is 20.2 Å². The number of carbonyl (C=O) groups is 1. The Morgan fingerprint density at radius 3 is 2.84 bits per heavy atom. The second kappa shape index (κ2) is 5.45. The number of para-hydroxylation sites is 1. The van der Waals surface area contributed by atoms with E-state index in [2.05, 4.69) is 41.0 Å². The quantitative estimate of drug-likeness (QED) is 0.810. The van der Waals surface area contributed by atoms with Crippen LogP contribution in [0.3, 0.4) is 0 Å². The number of H-pyrrole nitrogens is 1. The predicted molar refractivity (Wildman–Crippen MR) is 76.2 cm³/mol. The van der Waals surface area contributed by atoms with Gasteiger partial charge in [-0.25, -0.2) is 0 Å². The molecule has 4 heteroatoms. The molecule has 0 bridgehead atoms. The Kier molecular flexibility index (Phi) is 3.90. The number of hydrogen-bond donors (Lipinski definition) is 2. The molecular weight excluding hydrogens is 240 g/mol. The SMILES string of the molecule is COC(=O)CNCC(C)(C)c1c[nH]c2ccccc12. The fourth-order valence-corrected chi connectivity index (χ4v) is 2.28. The zero-order valence-electron chi connectivity index (χ0n) is 11.6. The molecule has 1 aromatic carbocycles. The van der Waals surface area contributed by atoms with E-state index < -0.39 is 0 Å². The molecule has 0 aliphatic carbocycles. The van der Waals surface area contributed by atoms with Crippen molar-refractivity contribution in [3.63, 3.8) is 0 Å². The van der Waals surface area contributed by atoms with E-state index in [0.29, 0.717) is 6.54 Å². The molecule has 0 aliphatic heterocycles. The minimum absolute atomic E-state index is 0.0619. The monoisotopic (exact) mass is 260 g/mol. The fraction of sp³-hybridized carbons (Fsp3) is 0.400. The molecule has 0 spiro atoms. The number of carbonyl (C=O) groups excluding carboxylic acids is 1. The average molecular weight is 260 g/mol. The van der Waals surface area contributed by atoms with Gasteiger partial charge in [0.15, 0.2) is 0 Å². The van der Waals surface area contributed by atoms with Crippen LogP contribution in [0.4, 0.5) is 0 Å². The Morgan fingerprint density at radius 2 is 2.11 bits per heavy atom. The molecule has 2 N–H and O–H groups in total. The Balaban J connectivity index is 2.12. The van der Waals surface area contributed by atoms with Crippen LogP contribution in [0.2, 0.25) is 0 Å². The third-order valence-electron chi connectivity index (χ3n) is 3.38. The number of rotatable bonds is 5. The molecule has 19 heavy (non-hydrogen) atoms. The van der Waals surface area contributed by atoms with E-state index in [1.807, 2.05) is 18.3 Å². The maximum Gasteiger partial charge on any atom is 0.319 e. The molecule has 0 aliphatic rings. The number of benzene rings is 1. The van der Waals surface area contributed by atoms with E-state index in [1.54, 1.807) is 0 Å². The number of methoxy groups -OCH3 is 1. The first kappa shape index (κ1) is 13.6. The summed E-state index contributed by atoms with van der Waals surface area (Å²) in [5.74, 6) is -0.241. The topological polar surface area (TPSA) is 54.1 Å². The molecule has 0 saturated carbocycles. The number of hydrogen-bond acceptors (Lipinski definition) is 3. The Bertz CT molecular complexity index is 572. The third-order valence-corrected chi connectivity index (χ3v) is 3.38. The summed E-state index contributed by atoms with van der Waals surface area (Å²) in [7, 11) is 1.40. The maximum atomic E-state index is 11.1. The van der Waals surface area contributed by atoms with Gasteiger partial charge in [0.2, 0.25) is 0 Å². The summed E-state index contributed by atoms with van der Waals surface area (Å²) >= 11 is 0. The van der Waals surface area contributed by atoms with Gasteiger partial charge in [-0.05, 0) is 11.6 Å². The smallest absolute Gasteiger partial charge is 0.319 e. The summed E-state index contributed by atoms with van der Waals surface area (Å²) < 4.78 is 4.62. The van der Waals surface area contributed by atoms with Crippen LogP contribution in [0.25, 0.3) is 10.9 Å². The van der Waals surface area contributed by atoms with Crippen molar-refractivity contribution in [3.8, 4) is 0 Å². The standard InChI is InChI=1S/C15H20N2O2/c1-15(2,10-16-9-14(18)19-3)12-8-17-13-7-5-4-6-11(12)13/h4-8,16-17H,9-10H2,1-3H3. The molecular formula is C15H20N2O2. The van der Waals surface area contributed by atoms with Gasteiger partial charge in [0, 0.05) is 29.1 Å². The molecule has 102 valence electrons. The van der Waals surface area contributed by atoms with Crippen LogP contribution in [0, 0.1) is 0 Å². The largest absolute Gasteiger partial charge is 0.468 e. The van der Waals surface area contributed by atoms with Gasteiger partial charge >= 0.3 is 5.97 Å². The molecule has 2 rings (SSSR count). The lowest BCUT2D eigenvalue weighted by Crippen LogP contribution is -2.36. The molecule has 0 unspecified atom stereocenters. The van der Waals surface area contributed by atoms with Crippen LogP contribution < -0.4 is 5.32 Å². The van der Waals surface area contributed by atoms with Crippen LogP contribution >= 0.6 is 0 Å².